The molecular formula is C10H16N2O4. The third-order valence-electron chi connectivity index (χ3n) is 3.29. The van der Waals surface area contributed by atoms with Crippen molar-refractivity contribution in [3.63, 3.8) is 0 Å². The van der Waals surface area contributed by atoms with E-state index in [1.165, 1.54) is 0 Å². The molecule has 16 heavy (non-hydrogen) atoms. The third kappa shape index (κ3) is 2.03. The minimum Gasteiger partial charge on any atom is -0.372 e. The molecule has 2 aliphatic heterocycles. The van der Waals surface area contributed by atoms with Gasteiger partial charge in [-0.25, -0.2) is 0 Å². The van der Waals surface area contributed by atoms with Crippen molar-refractivity contribution in [2.45, 2.75) is 31.5 Å². The highest BCUT2D eigenvalue weighted by atomic mass is 16.6. The predicted octanol–water partition coefficient (Wildman–Crippen LogP) is -1.09. The van der Waals surface area contributed by atoms with E-state index < -0.39 is 11.3 Å². The van der Waals surface area contributed by atoms with Gasteiger partial charge in [0.15, 0.2) is 0 Å². The number of hydrogen-bond donors (Lipinski definition) is 2. The van der Waals surface area contributed by atoms with E-state index in [4.69, 9.17) is 20.9 Å². The number of carbonyl (C=O) groups excluding carboxylic acids is 2. The molecule has 2 fully saturated rings. The van der Waals surface area contributed by atoms with Crippen LogP contribution in [0.1, 0.15) is 19.3 Å². The lowest BCUT2D eigenvalue weighted by Gasteiger charge is -2.26. The number of hydrogen-bond acceptors (Lipinski definition) is 4. The van der Waals surface area contributed by atoms with Crippen molar-refractivity contribution in [3.05, 3.63) is 0 Å². The highest BCUT2D eigenvalue weighted by Crippen LogP contribution is 2.46. The van der Waals surface area contributed by atoms with Crippen molar-refractivity contribution in [2.24, 2.45) is 16.9 Å². The van der Waals surface area contributed by atoms with Gasteiger partial charge >= 0.3 is 0 Å². The minimum absolute atomic E-state index is 0.148. The molecule has 0 aromatic heterocycles. The van der Waals surface area contributed by atoms with Crippen LogP contribution < -0.4 is 11.5 Å². The maximum Gasteiger partial charge on any atom is 0.229 e. The van der Waals surface area contributed by atoms with Gasteiger partial charge in [0.2, 0.25) is 11.8 Å². The maximum atomic E-state index is 11.6. The summed E-state index contributed by atoms with van der Waals surface area (Å²) in [6.07, 6.45) is 1.00. The molecule has 4 N–H and O–H groups in total. The van der Waals surface area contributed by atoms with E-state index >= 15 is 0 Å². The third-order valence-corrected chi connectivity index (χ3v) is 3.29. The minimum atomic E-state index is -0.755. The fraction of sp³-hybridized carbons (Fsp3) is 0.800. The summed E-state index contributed by atoms with van der Waals surface area (Å²) in [7, 11) is 0. The van der Waals surface area contributed by atoms with Crippen LogP contribution in [-0.2, 0) is 19.1 Å². The monoisotopic (exact) mass is 228 g/mol. The molecule has 0 aromatic carbocycles. The first-order valence-corrected chi connectivity index (χ1v) is 5.39. The van der Waals surface area contributed by atoms with Gasteiger partial charge in [0.1, 0.15) is 5.41 Å². The molecule has 2 heterocycles. The van der Waals surface area contributed by atoms with E-state index in [-0.39, 0.29) is 24.5 Å². The van der Waals surface area contributed by atoms with Crippen LogP contribution in [0.25, 0.3) is 0 Å². The Balaban J connectivity index is 2.01. The Hall–Kier alpha value is -1.14. The molecule has 6 heteroatoms. The summed E-state index contributed by atoms with van der Waals surface area (Å²) >= 11 is 0. The number of ether oxygens (including phenoxy) is 2. The zero-order valence-corrected chi connectivity index (χ0v) is 8.98. The first kappa shape index (κ1) is 11.3. The predicted molar refractivity (Wildman–Crippen MR) is 54.2 cm³/mol. The first-order valence-electron chi connectivity index (χ1n) is 5.39. The van der Waals surface area contributed by atoms with Gasteiger partial charge in [0, 0.05) is 6.42 Å². The van der Waals surface area contributed by atoms with Gasteiger partial charge in [-0.3, -0.25) is 9.59 Å². The normalized spacial score (nSPS) is 30.5. The van der Waals surface area contributed by atoms with E-state index in [0.717, 1.165) is 0 Å². The number of rotatable bonds is 7. The molecule has 2 saturated heterocycles. The Kier molecular flexibility index (Phi) is 2.86. The number of amides is 2. The van der Waals surface area contributed by atoms with Gasteiger partial charge in [-0.1, -0.05) is 0 Å². The van der Waals surface area contributed by atoms with Crippen LogP contribution in [0.2, 0.25) is 0 Å². The highest BCUT2D eigenvalue weighted by Gasteiger charge is 2.60. The van der Waals surface area contributed by atoms with E-state index in [1.54, 1.807) is 0 Å². The molecule has 0 bridgehead atoms. The van der Waals surface area contributed by atoms with E-state index in [2.05, 4.69) is 0 Å². The Labute approximate surface area is 93.2 Å². The molecule has 0 aliphatic carbocycles. The number of carbonyl (C=O) groups is 2. The molecule has 0 aromatic rings. The smallest absolute Gasteiger partial charge is 0.229 e. The zero-order valence-electron chi connectivity index (χ0n) is 8.98. The standard InChI is InChI=1S/C10H16N2O4/c11-8(13)2-1-3-10(9(12)14,6-4-15-6)7-5-16-7/h6-7H,1-5H2,(H2,11,13)(H2,12,14). The molecule has 0 radical (unpaired) electrons. The van der Waals surface area contributed by atoms with Gasteiger partial charge in [-0.15, -0.1) is 0 Å². The maximum absolute atomic E-state index is 11.6. The van der Waals surface area contributed by atoms with Gasteiger partial charge in [0.05, 0.1) is 25.4 Å². The van der Waals surface area contributed by atoms with Crippen molar-refractivity contribution >= 4 is 11.8 Å². The van der Waals surface area contributed by atoms with Crippen LogP contribution in [0.4, 0.5) is 0 Å². The number of primary amides is 2. The summed E-state index contributed by atoms with van der Waals surface area (Å²) in [6.45, 7) is 1.08. The Morgan fingerprint density at radius 1 is 1.19 bits per heavy atom. The average Bonchev–Trinajstić information content (AvgIpc) is 3.00. The van der Waals surface area contributed by atoms with Crippen molar-refractivity contribution in [1.82, 2.24) is 0 Å². The molecule has 2 amide bonds. The second-order valence-corrected chi connectivity index (χ2v) is 4.37. The molecule has 2 atom stereocenters. The van der Waals surface area contributed by atoms with Crippen molar-refractivity contribution in [2.75, 3.05) is 13.2 Å². The summed E-state index contributed by atoms with van der Waals surface area (Å²) in [5, 5.41) is 0. The Morgan fingerprint density at radius 3 is 2.00 bits per heavy atom. The second-order valence-electron chi connectivity index (χ2n) is 4.37. The fourth-order valence-corrected chi connectivity index (χ4v) is 2.22. The Bertz CT molecular complexity index is 298. The molecule has 6 nitrogen and oxygen atoms in total. The molecule has 2 unspecified atom stereocenters. The lowest BCUT2D eigenvalue weighted by atomic mass is 9.76. The van der Waals surface area contributed by atoms with Crippen LogP contribution >= 0.6 is 0 Å². The topological polar surface area (TPSA) is 111 Å². The lowest BCUT2D eigenvalue weighted by Crippen LogP contribution is -2.46. The van der Waals surface area contributed by atoms with Crippen molar-refractivity contribution < 1.29 is 19.1 Å². The van der Waals surface area contributed by atoms with Crippen LogP contribution in [0.15, 0.2) is 0 Å². The van der Waals surface area contributed by atoms with Crippen molar-refractivity contribution in [1.29, 1.82) is 0 Å². The lowest BCUT2D eigenvalue weighted by molar-refractivity contribution is -0.131. The molecule has 90 valence electrons. The second kappa shape index (κ2) is 4.03. The van der Waals surface area contributed by atoms with Gasteiger partial charge in [0.25, 0.3) is 0 Å². The highest BCUT2D eigenvalue weighted by molar-refractivity contribution is 5.83. The molecule has 2 rings (SSSR count). The van der Waals surface area contributed by atoms with E-state index in [0.29, 0.717) is 26.1 Å². The van der Waals surface area contributed by atoms with Gasteiger partial charge in [-0.05, 0) is 12.8 Å². The number of epoxide rings is 2. The largest absolute Gasteiger partial charge is 0.372 e. The number of nitrogens with two attached hydrogens (primary N) is 2. The van der Waals surface area contributed by atoms with Gasteiger partial charge in [-0.2, -0.15) is 0 Å². The van der Waals surface area contributed by atoms with Crippen LogP contribution in [0.5, 0.6) is 0 Å². The molecule has 0 spiro atoms. The average molecular weight is 228 g/mol. The molecular weight excluding hydrogens is 212 g/mol. The van der Waals surface area contributed by atoms with E-state index in [1.807, 2.05) is 0 Å². The van der Waals surface area contributed by atoms with Gasteiger partial charge < -0.3 is 20.9 Å². The first-order chi connectivity index (χ1) is 7.57. The summed E-state index contributed by atoms with van der Waals surface area (Å²) < 4.78 is 10.4. The summed E-state index contributed by atoms with van der Waals surface area (Å²) in [5.41, 5.74) is 9.76. The SMILES string of the molecule is NC(=O)CCCC(C(N)=O)(C1CO1)C1CO1. The summed E-state index contributed by atoms with van der Waals surface area (Å²) in [4.78, 5) is 22.3. The summed E-state index contributed by atoms with van der Waals surface area (Å²) in [5.74, 6) is -0.770. The quantitative estimate of drug-likeness (QED) is 0.539. The molecule has 2 aliphatic rings. The summed E-state index contributed by atoms with van der Waals surface area (Å²) in [6, 6.07) is 0. The van der Waals surface area contributed by atoms with Crippen LogP contribution in [0.3, 0.4) is 0 Å². The molecule has 0 saturated carbocycles. The zero-order chi connectivity index (χ0) is 11.8. The van der Waals surface area contributed by atoms with Crippen LogP contribution in [0, 0.1) is 5.41 Å². The van der Waals surface area contributed by atoms with E-state index in [9.17, 15) is 9.59 Å². The Morgan fingerprint density at radius 2 is 1.69 bits per heavy atom. The van der Waals surface area contributed by atoms with Crippen molar-refractivity contribution in [3.8, 4) is 0 Å². The van der Waals surface area contributed by atoms with Crippen LogP contribution in [-0.4, -0.2) is 37.2 Å². The fourth-order valence-electron chi connectivity index (χ4n) is 2.22.